The second-order valence-electron chi connectivity index (χ2n) is 6.09. The normalized spacial score (nSPS) is 31.7. The van der Waals surface area contributed by atoms with Crippen LogP contribution >= 0.6 is 0 Å². The predicted octanol–water partition coefficient (Wildman–Crippen LogP) is 1.62. The average molecular weight is 290 g/mol. The van der Waals surface area contributed by atoms with Crippen molar-refractivity contribution in [3.05, 3.63) is 23.8 Å². The molecule has 114 valence electrons. The van der Waals surface area contributed by atoms with Crippen LogP contribution in [0.15, 0.2) is 18.2 Å². The van der Waals surface area contributed by atoms with Crippen molar-refractivity contribution in [2.24, 2.45) is 17.6 Å². The summed E-state index contributed by atoms with van der Waals surface area (Å²) < 4.78 is 11.2. The zero-order valence-electron chi connectivity index (χ0n) is 12.5. The lowest BCUT2D eigenvalue weighted by Crippen LogP contribution is -2.49. The van der Waals surface area contributed by atoms with E-state index in [4.69, 9.17) is 15.2 Å². The highest BCUT2D eigenvalue weighted by atomic mass is 16.6. The SMILES string of the molecule is CC1CC(C)C(C(N)=O)C(c2ccc3c(c2)OCCO3)N1. The zero-order chi connectivity index (χ0) is 15.0. The largest absolute Gasteiger partial charge is 0.486 e. The molecule has 2 heterocycles. The van der Waals surface area contributed by atoms with Crippen molar-refractivity contribution in [2.75, 3.05) is 13.2 Å². The highest BCUT2D eigenvalue weighted by molar-refractivity contribution is 5.78. The fourth-order valence-electron chi connectivity index (χ4n) is 3.51. The molecule has 0 radical (unpaired) electrons. The van der Waals surface area contributed by atoms with Gasteiger partial charge in [-0.15, -0.1) is 0 Å². The van der Waals surface area contributed by atoms with Crippen LogP contribution in [0.1, 0.15) is 31.9 Å². The Hall–Kier alpha value is -1.75. The number of carbonyl (C=O) groups is 1. The third-order valence-electron chi connectivity index (χ3n) is 4.42. The fraction of sp³-hybridized carbons (Fsp3) is 0.562. The lowest BCUT2D eigenvalue weighted by atomic mass is 9.76. The monoisotopic (exact) mass is 290 g/mol. The molecule has 1 saturated heterocycles. The first kappa shape index (κ1) is 14.2. The van der Waals surface area contributed by atoms with Crippen LogP contribution in [-0.2, 0) is 4.79 Å². The van der Waals surface area contributed by atoms with Gasteiger partial charge in [0.25, 0.3) is 0 Å². The molecule has 0 spiro atoms. The van der Waals surface area contributed by atoms with Gasteiger partial charge in [-0.3, -0.25) is 4.79 Å². The Labute approximate surface area is 124 Å². The summed E-state index contributed by atoms with van der Waals surface area (Å²) in [5.74, 6) is 1.31. The van der Waals surface area contributed by atoms with Crippen LogP contribution in [0, 0.1) is 11.8 Å². The van der Waals surface area contributed by atoms with Gasteiger partial charge in [0.2, 0.25) is 5.91 Å². The molecule has 2 aliphatic rings. The molecule has 4 atom stereocenters. The lowest BCUT2D eigenvalue weighted by molar-refractivity contribution is -0.125. The molecule has 21 heavy (non-hydrogen) atoms. The van der Waals surface area contributed by atoms with Gasteiger partial charge in [-0.25, -0.2) is 0 Å². The second kappa shape index (κ2) is 5.56. The van der Waals surface area contributed by atoms with E-state index >= 15 is 0 Å². The van der Waals surface area contributed by atoms with E-state index in [0.717, 1.165) is 23.5 Å². The number of fused-ring (bicyclic) bond motifs is 1. The number of hydrogen-bond donors (Lipinski definition) is 2. The second-order valence-corrected chi connectivity index (χ2v) is 6.09. The molecule has 5 nitrogen and oxygen atoms in total. The maximum atomic E-state index is 11.9. The van der Waals surface area contributed by atoms with Gasteiger partial charge >= 0.3 is 0 Å². The van der Waals surface area contributed by atoms with Gasteiger partial charge < -0.3 is 20.5 Å². The molecule has 1 amide bonds. The third-order valence-corrected chi connectivity index (χ3v) is 4.42. The molecule has 1 aromatic carbocycles. The number of benzene rings is 1. The number of carbonyl (C=O) groups excluding carboxylic acids is 1. The highest BCUT2D eigenvalue weighted by Gasteiger charge is 2.38. The number of ether oxygens (including phenoxy) is 2. The number of amides is 1. The van der Waals surface area contributed by atoms with Crippen LogP contribution in [-0.4, -0.2) is 25.2 Å². The van der Waals surface area contributed by atoms with Crippen molar-refractivity contribution < 1.29 is 14.3 Å². The Morgan fingerprint density at radius 2 is 1.95 bits per heavy atom. The molecular weight excluding hydrogens is 268 g/mol. The molecule has 3 N–H and O–H groups in total. The van der Waals surface area contributed by atoms with Gasteiger partial charge in [0, 0.05) is 12.1 Å². The number of primary amides is 1. The molecule has 0 aromatic heterocycles. The topological polar surface area (TPSA) is 73.6 Å². The number of hydrogen-bond acceptors (Lipinski definition) is 4. The van der Waals surface area contributed by atoms with Crippen molar-refractivity contribution in [3.8, 4) is 11.5 Å². The third kappa shape index (κ3) is 2.70. The Kier molecular flexibility index (Phi) is 3.76. The maximum Gasteiger partial charge on any atom is 0.222 e. The van der Waals surface area contributed by atoms with Crippen LogP contribution in [0.2, 0.25) is 0 Å². The van der Waals surface area contributed by atoms with Gasteiger partial charge in [0.15, 0.2) is 11.5 Å². The minimum Gasteiger partial charge on any atom is -0.486 e. The first-order chi connectivity index (χ1) is 10.1. The average Bonchev–Trinajstić information content (AvgIpc) is 2.45. The van der Waals surface area contributed by atoms with Crippen LogP contribution in [0.3, 0.4) is 0 Å². The fourth-order valence-corrected chi connectivity index (χ4v) is 3.51. The molecule has 4 unspecified atom stereocenters. The molecular formula is C16H22N2O3. The van der Waals surface area contributed by atoms with E-state index in [1.54, 1.807) is 0 Å². The molecule has 3 rings (SSSR count). The molecule has 0 bridgehead atoms. The Morgan fingerprint density at radius 3 is 2.67 bits per heavy atom. The molecule has 0 saturated carbocycles. The summed E-state index contributed by atoms with van der Waals surface area (Å²) in [6.45, 7) is 5.36. The van der Waals surface area contributed by atoms with E-state index in [1.165, 1.54) is 0 Å². The zero-order valence-corrected chi connectivity index (χ0v) is 12.5. The van der Waals surface area contributed by atoms with E-state index in [1.807, 2.05) is 18.2 Å². The molecule has 2 aliphatic heterocycles. The van der Waals surface area contributed by atoms with Crippen LogP contribution < -0.4 is 20.5 Å². The summed E-state index contributed by atoms with van der Waals surface area (Å²) in [5.41, 5.74) is 6.66. The van der Waals surface area contributed by atoms with Crippen molar-refractivity contribution in [2.45, 2.75) is 32.4 Å². The summed E-state index contributed by atoms with van der Waals surface area (Å²) >= 11 is 0. The molecule has 1 aromatic rings. The number of nitrogens with two attached hydrogens (primary N) is 1. The van der Waals surface area contributed by atoms with E-state index < -0.39 is 0 Å². The molecule has 5 heteroatoms. The van der Waals surface area contributed by atoms with Crippen LogP contribution in [0.25, 0.3) is 0 Å². The van der Waals surface area contributed by atoms with Crippen molar-refractivity contribution in [1.82, 2.24) is 5.32 Å². The van der Waals surface area contributed by atoms with Crippen molar-refractivity contribution >= 4 is 5.91 Å². The maximum absolute atomic E-state index is 11.9. The van der Waals surface area contributed by atoms with Gasteiger partial charge in [0.05, 0.1) is 5.92 Å². The quantitative estimate of drug-likeness (QED) is 0.868. The van der Waals surface area contributed by atoms with Gasteiger partial charge in [-0.2, -0.15) is 0 Å². The van der Waals surface area contributed by atoms with Crippen LogP contribution in [0.5, 0.6) is 11.5 Å². The van der Waals surface area contributed by atoms with E-state index in [9.17, 15) is 4.79 Å². The van der Waals surface area contributed by atoms with E-state index in [0.29, 0.717) is 19.3 Å². The van der Waals surface area contributed by atoms with Gasteiger partial charge in [-0.1, -0.05) is 13.0 Å². The summed E-state index contributed by atoms with van der Waals surface area (Å²) in [5, 5.41) is 3.50. The Bertz CT molecular complexity index is 546. The lowest BCUT2D eigenvalue weighted by Gasteiger charge is -2.39. The smallest absolute Gasteiger partial charge is 0.222 e. The van der Waals surface area contributed by atoms with Gasteiger partial charge in [0.1, 0.15) is 13.2 Å². The first-order valence-corrected chi connectivity index (χ1v) is 7.51. The minimum atomic E-state index is -0.248. The number of nitrogens with one attached hydrogen (secondary N) is 1. The summed E-state index contributed by atoms with van der Waals surface area (Å²) in [6, 6.07) is 6.15. The minimum absolute atomic E-state index is 0.0722. The first-order valence-electron chi connectivity index (χ1n) is 7.51. The molecule has 1 fully saturated rings. The predicted molar refractivity (Wildman–Crippen MR) is 79.2 cm³/mol. The number of rotatable bonds is 2. The summed E-state index contributed by atoms with van der Waals surface area (Å²) in [7, 11) is 0. The van der Waals surface area contributed by atoms with Gasteiger partial charge in [-0.05, 0) is 37.0 Å². The summed E-state index contributed by atoms with van der Waals surface area (Å²) in [6.07, 6.45) is 0.953. The molecule has 0 aliphatic carbocycles. The highest BCUT2D eigenvalue weighted by Crippen LogP contribution is 2.39. The van der Waals surface area contributed by atoms with Crippen molar-refractivity contribution in [3.63, 3.8) is 0 Å². The van der Waals surface area contributed by atoms with E-state index in [-0.39, 0.29) is 23.8 Å². The number of piperidine rings is 1. The van der Waals surface area contributed by atoms with E-state index in [2.05, 4.69) is 19.2 Å². The Morgan fingerprint density at radius 1 is 1.24 bits per heavy atom. The van der Waals surface area contributed by atoms with Crippen LogP contribution in [0.4, 0.5) is 0 Å². The Balaban J connectivity index is 1.94. The standard InChI is InChI=1S/C16H22N2O3/c1-9-7-10(2)18-15(14(9)16(17)19)11-3-4-12-13(8-11)21-6-5-20-12/h3-4,8-10,14-15,18H,5-7H2,1-2H3,(H2,17,19). The van der Waals surface area contributed by atoms with Crippen molar-refractivity contribution in [1.29, 1.82) is 0 Å². The summed E-state index contributed by atoms with van der Waals surface area (Å²) in [4.78, 5) is 11.9.